The molecule has 0 aromatic heterocycles. The van der Waals surface area contributed by atoms with E-state index in [4.69, 9.17) is 12.8 Å². The van der Waals surface area contributed by atoms with Crippen molar-refractivity contribution in [1.82, 2.24) is 0 Å². The zero-order chi connectivity index (χ0) is 10.5. The summed E-state index contributed by atoms with van der Waals surface area (Å²) in [4.78, 5) is 21.2. The molecule has 4 nitrogen and oxygen atoms in total. The molecule has 0 bridgehead atoms. The highest BCUT2D eigenvalue weighted by Crippen LogP contribution is 2.05. The normalized spacial score (nSPS) is 9.23. The van der Waals surface area contributed by atoms with Gasteiger partial charge < -0.3 is 8.85 Å². The van der Waals surface area contributed by atoms with Crippen molar-refractivity contribution in [1.29, 1.82) is 0 Å². The van der Waals surface area contributed by atoms with E-state index in [1.54, 1.807) is 0 Å². The van der Waals surface area contributed by atoms with Gasteiger partial charge in [0.05, 0.1) is 0 Å². The minimum atomic E-state index is -3.51. The van der Waals surface area contributed by atoms with Crippen LogP contribution in [0.15, 0.2) is 0 Å². The van der Waals surface area contributed by atoms with Crippen molar-refractivity contribution in [3.8, 4) is 23.9 Å². The third-order valence-corrected chi connectivity index (χ3v) is 2.86. The Morgan fingerprint density at radius 2 is 1.38 bits per heavy atom. The molecule has 13 heavy (non-hydrogen) atoms. The largest absolute Gasteiger partial charge is 0.640 e. The Labute approximate surface area is 77.5 Å². The first kappa shape index (κ1) is 11.3. The smallest absolute Gasteiger partial charge is 0.467 e. The van der Waals surface area contributed by atoms with E-state index in [-0.39, 0.29) is 0 Å². The molecule has 0 atom stereocenters. The van der Waals surface area contributed by atoms with Crippen LogP contribution in [0.25, 0.3) is 0 Å². The van der Waals surface area contributed by atoms with Crippen LogP contribution in [-0.2, 0) is 18.4 Å². The van der Waals surface area contributed by atoms with Crippen molar-refractivity contribution < 1.29 is 18.4 Å². The minimum absolute atomic E-state index is 0.663. The second-order valence-corrected chi connectivity index (χ2v) is 4.31. The lowest BCUT2D eigenvalue weighted by Crippen LogP contribution is -2.42. The lowest BCUT2D eigenvalue weighted by Gasteiger charge is -2.16. The van der Waals surface area contributed by atoms with Crippen LogP contribution in [0.4, 0.5) is 0 Å². The van der Waals surface area contributed by atoms with Gasteiger partial charge in [-0.15, -0.1) is 12.8 Å². The Bertz CT molecular complexity index is 275. The van der Waals surface area contributed by atoms with Gasteiger partial charge in [-0.1, -0.05) is 0 Å². The molecule has 0 fully saturated rings. The summed E-state index contributed by atoms with van der Waals surface area (Å²) in [5, 5.41) is 0. The average molecular weight is 196 g/mol. The Balaban J connectivity index is 4.75. The van der Waals surface area contributed by atoms with E-state index in [0.29, 0.717) is 0 Å². The molecule has 0 radical (unpaired) electrons. The van der Waals surface area contributed by atoms with Crippen molar-refractivity contribution in [3.63, 3.8) is 0 Å². The zero-order valence-corrected chi connectivity index (χ0v) is 8.29. The van der Waals surface area contributed by atoms with Crippen LogP contribution in [0.2, 0.25) is 0 Å². The molecule has 0 saturated heterocycles. The summed E-state index contributed by atoms with van der Waals surface area (Å²) in [5.74, 6) is -1.33. The predicted molar refractivity (Wildman–Crippen MR) is 47.0 cm³/mol. The van der Waals surface area contributed by atoms with E-state index >= 15 is 0 Å². The molecule has 0 aromatic rings. The molecule has 0 rings (SSSR count). The number of carbonyl (C=O) groups excluding carboxylic acids is 2. The minimum Gasteiger partial charge on any atom is -0.467 e. The van der Waals surface area contributed by atoms with E-state index in [1.165, 1.54) is 0 Å². The van der Waals surface area contributed by atoms with Gasteiger partial charge in [-0.05, 0) is 11.1 Å². The number of rotatable bonds is 2. The maximum Gasteiger partial charge on any atom is 0.640 e. The van der Waals surface area contributed by atoms with Crippen LogP contribution >= 0.6 is 0 Å². The zero-order valence-electron chi connectivity index (χ0n) is 7.29. The van der Waals surface area contributed by atoms with Gasteiger partial charge in [0, 0.05) is 13.8 Å². The van der Waals surface area contributed by atoms with Crippen molar-refractivity contribution in [2.45, 2.75) is 13.8 Å². The summed E-state index contributed by atoms with van der Waals surface area (Å²) in [6.07, 6.45) is 10.1. The van der Waals surface area contributed by atoms with Gasteiger partial charge in [0.15, 0.2) is 0 Å². The first-order chi connectivity index (χ1) is 5.95. The summed E-state index contributed by atoms with van der Waals surface area (Å²) in [5.41, 5.74) is 4.09. The van der Waals surface area contributed by atoms with Crippen molar-refractivity contribution in [2.75, 3.05) is 0 Å². The van der Waals surface area contributed by atoms with Gasteiger partial charge in [0.25, 0.3) is 11.9 Å². The van der Waals surface area contributed by atoms with Crippen molar-refractivity contribution in [3.05, 3.63) is 0 Å². The van der Waals surface area contributed by atoms with Crippen LogP contribution in [-0.4, -0.2) is 20.5 Å². The molecule has 0 spiro atoms. The highest BCUT2D eigenvalue weighted by atomic mass is 28.4. The molecular formula is C8H8O4Si. The first-order valence-corrected chi connectivity index (χ1v) is 5.12. The number of carbonyl (C=O) groups is 2. The fourth-order valence-corrected chi connectivity index (χ4v) is 1.76. The fraction of sp³-hybridized carbons (Fsp3) is 0.250. The molecular weight excluding hydrogens is 188 g/mol. The molecule has 0 heterocycles. The average Bonchev–Trinajstić information content (AvgIpc) is 2.01. The van der Waals surface area contributed by atoms with E-state index in [0.717, 1.165) is 13.8 Å². The molecule has 0 aliphatic heterocycles. The topological polar surface area (TPSA) is 52.6 Å². The molecule has 0 saturated carbocycles. The van der Waals surface area contributed by atoms with Crippen molar-refractivity contribution in [2.24, 2.45) is 0 Å². The molecule has 0 aliphatic rings. The van der Waals surface area contributed by atoms with Gasteiger partial charge in [-0.3, -0.25) is 9.59 Å². The lowest BCUT2D eigenvalue weighted by atomic mass is 10.9. The standard InChI is InChI=1S/C8H8O4Si/c1-5-13(6-2,11-7(3)9)12-8(4)10/h1-2H,3-4H3. The molecule has 68 valence electrons. The Morgan fingerprint density at radius 3 is 1.54 bits per heavy atom. The third kappa shape index (κ3) is 3.45. The van der Waals surface area contributed by atoms with Gasteiger partial charge in [0.1, 0.15) is 0 Å². The van der Waals surface area contributed by atoms with Crippen LogP contribution in [0.3, 0.4) is 0 Å². The van der Waals surface area contributed by atoms with Gasteiger partial charge in [-0.25, -0.2) is 0 Å². The van der Waals surface area contributed by atoms with Crippen LogP contribution in [0.1, 0.15) is 13.8 Å². The Hall–Kier alpha value is -1.72. The van der Waals surface area contributed by atoms with E-state index in [9.17, 15) is 9.59 Å². The van der Waals surface area contributed by atoms with Gasteiger partial charge in [-0.2, -0.15) is 0 Å². The monoisotopic (exact) mass is 196 g/mol. The first-order valence-electron chi connectivity index (χ1n) is 3.30. The maximum absolute atomic E-state index is 10.6. The van der Waals surface area contributed by atoms with Gasteiger partial charge in [0.2, 0.25) is 0 Å². The second-order valence-electron chi connectivity index (χ2n) is 2.09. The quantitative estimate of drug-likeness (QED) is 0.457. The van der Waals surface area contributed by atoms with E-state index < -0.39 is 20.5 Å². The lowest BCUT2D eigenvalue weighted by molar-refractivity contribution is -0.137. The predicted octanol–water partition coefficient (Wildman–Crippen LogP) is -0.100. The van der Waals surface area contributed by atoms with Crippen LogP contribution in [0, 0.1) is 23.9 Å². The Kier molecular flexibility index (Phi) is 3.76. The fourth-order valence-electron chi connectivity index (χ4n) is 0.585. The number of hydrogen-bond acceptors (Lipinski definition) is 4. The number of terminal acetylenes is 2. The van der Waals surface area contributed by atoms with Gasteiger partial charge >= 0.3 is 8.56 Å². The van der Waals surface area contributed by atoms with Crippen LogP contribution < -0.4 is 0 Å². The number of hydrogen-bond donors (Lipinski definition) is 0. The molecule has 0 aromatic carbocycles. The van der Waals surface area contributed by atoms with Crippen LogP contribution in [0.5, 0.6) is 0 Å². The summed E-state index contributed by atoms with van der Waals surface area (Å²) >= 11 is 0. The Morgan fingerprint density at radius 1 is 1.08 bits per heavy atom. The van der Waals surface area contributed by atoms with E-state index in [1.807, 2.05) is 11.1 Å². The SMILES string of the molecule is C#C[Si](C#C)(OC(C)=O)OC(C)=O. The second kappa shape index (κ2) is 4.34. The highest BCUT2D eigenvalue weighted by molar-refractivity contribution is 6.85. The van der Waals surface area contributed by atoms with E-state index in [2.05, 4.69) is 8.85 Å². The van der Waals surface area contributed by atoms with Crippen molar-refractivity contribution >= 4 is 20.5 Å². The summed E-state index contributed by atoms with van der Waals surface area (Å²) in [7, 11) is -3.51. The maximum atomic E-state index is 10.6. The third-order valence-electron chi connectivity index (χ3n) is 0.955. The molecule has 5 heteroatoms. The summed E-state index contributed by atoms with van der Waals surface area (Å²) < 4.78 is 9.26. The summed E-state index contributed by atoms with van der Waals surface area (Å²) in [6, 6.07) is 0. The highest BCUT2D eigenvalue weighted by Gasteiger charge is 2.41. The molecule has 0 N–H and O–H groups in total. The molecule has 0 amide bonds. The molecule has 0 aliphatic carbocycles. The molecule has 0 unspecified atom stereocenters. The summed E-state index contributed by atoms with van der Waals surface area (Å²) in [6.45, 7) is 2.28.